The third-order valence-electron chi connectivity index (χ3n) is 12.0. The molecule has 74 heavy (non-hydrogen) atoms. The van der Waals surface area contributed by atoms with E-state index in [1.165, 1.54) is 64.2 Å². The number of aliphatic hydroxyl groups is 1. The first kappa shape index (κ1) is 70.4. The van der Waals surface area contributed by atoms with Gasteiger partial charge in [0.25, 0.3) is 0 Å². The molecule has 0 aromatic rings. The molecule has 3 atom stereocenters. The van der Waals surface area contributed by atoms with Crippen LogP contribution in [0.2, 0.25) is 0 Å². The molecule has 0 heterocycles. The van der Waals surface area contributed by atoms with E-state index in [0.29, 0.717) is 17.4 Å². The smallest absolute Gasteiger partial charge is 0.387 e. The van der Waals surface area contributed by atoms with E-state index in [1.54, 1.807) is 6.08 Å². The summed E-state index contributed by atoms with van der Waals surface area (Å²) in [5, 5.41) is 13.9. The molecule has 0 aliphatic carbocycles. The lowest BCUT2D eigenvalue weighted by Crippen LogP contribution is -2.45. The number of allylic oxidation sites excluding steroid dienone is 23. The minimum absolute atomic E-state index is 0.0410. The van der Waals surface area contributed by atoms with E-state index < -0.39 is 20.0 Å². The minimum Gasteiger partial charge on any atom is -0.387 e. The van der Waals surface area contributed by atoms with Crippen molar-refractivity contribution in [1.29, 1.82) is 0 Å². The Morgan fingerprint density at radius 2 is 0.824 bits per heavy atom. The molecule has 0 bridgehead atoms. The van der Waals surface area contributed by atoms with Crippen molar-refractivity contribution in [3.05, 3.63) is 146 Å². The molecule has 420 valence electrons. The minimum atomic E-state index is -4.38. The first-order chi connectivity index (χ1) is 36.0. The second kappa shape index (κ2) is 54.2. The standard InChI is InChI=1S/C65H109N2O6P/c1-6-8-10-12-14-16-18-20-22-24-26-27-28-29-30-31-32-33-34-35-36-37-38-39-41-43-45-47-49-51-53-55-57-59-65(69)66-63(62-73-74(70,71)72-61-60-67(3,4)5)64(68)58-56-54-52-50-48-46-44-42-40-25-23-21-19-17-15-13-11-9-7-2/h8,10,14,16,20,22,26-27,29-30,32-33,35-36,38-40,42-43,45,48,50,56,58,63-64,68H,6-7,9,11-13,15,17-19,21,23-25,28,31,34,37,41,44,46-47,49,51-55,57,59-62H2,1-5H3,(H-,66,69,70,71)/p+1/b10-8-,16-14-,22-20-,27-26-,30-29-,33-32-,36-35-,39-38-,42-40+,45-43-,50-48+,58-56+. The van der Waals surface area contributed by atoms with E-state index in [4.69, 9.17) is 9.05 Å². The van der Waals surface area contributed by atoms with Crippen molar-refractivity contribution in [1.82, 2.24) is 5.32 Å². The zero-order valence-corrected chi connectivity index (χ0v) is 48.7. The Hall–Kier alpha value is -3.62. The monoisotopic (exact) mass is 1050 g/mol. The zero-order valence-electron chi connectivity index (χ0n) is 47.8. The lowest BCUT2D eigenvalue weighted by Gasteiger charge is -2.25. The summed E-state index contributed by atoms with van der Waals surface area (Å²) in [6.45, 7) is 4.63. The molecule has 0 radical (unpaired) electrons. The Kier molecular flexibility index (Phi) is 51.5. The topological polar surface area (TPSA) is 105 Å². The number of hydrogen-bond acceptors (Lipinski definition) is 5. The summed E-state index contributed by atoms with van der Waals surface area (Å²) in [6, 6.07) is -0.892. The molecule has 0 aromatic carbocycles. The highest BCUT2D eigenvalue weighted by Crippen LogP contribution is 2.43. The van der Waals surface area contributed by atoms with Crippen molar-refractivity contribution < 1.29 is 32.9 Å². The van der Waals surface area contributed by atoms with E-state index in [9.17, 15) is 19.4 Å². The van der Waals surface area contributed by atoms with Gasteiger partial charge in [0.15, 0.2) is 0 Å². The average molecular weight is 1050 g/mol. The van der Waals surface area contributed by atoms with Gasteiger partial charge in [0.1, 0.15) is 13.2 Å². The molecular formula is C65H110N2O6P+. The second-order valence-electron chi connectivity index (χ2n) is 20.3. The molecule has 8 nitrogen and oxygen atoms in total. The number of hydrogen-bond donors (Lipinski definition) is 3. The van der Waals surface area contributed by atoms with Crippen LogP contribution < -0.4 is 5.32 Å². The molecule has 1 amide bonds. The summed E-state index contributed by atoms with van der Waals surface area (Å²) < 4.78 is 23.7. The lowest BCUT2D eigenvalue weighted by atomic mass is 10.1. The van der Waals surface area contributed by atoms with Gasteiger partial charge in [-0.15, -0.1) is 0 Å². The number of nitrogens with zero attached hydrogens (tertiary/aromatic N) is 1. The third-order valence-corrected chi connectivity index (χ3v) is 13.0. The molecular weight excluding hydrogens is 936 g/mol. The fraction of sp³-hybridized carbons (Fsp3) is 0.615. The summed E-state index contributed by atoms with van der Waals surface area (Å²) in [7, 11) is 1.51. The number of phosphoric acid groups is 1. The lowest BCUT2D eigenvalue weighted by molar-refractivity contribution is -0.870. The first-order valence-corrected chi connectivity index (χ1v) is 30.7. The Morgan fingerprint density at radius 3 is 1.24 bits per heavy atom. The van der Waals surface area contributed by atoms with Crippen molar-refractivity contribution in [3.63, 3.8) is 0 Å². The van der Waals surface area contributed by atoms with Crippen LogP contribution in [0.25, 0.3) is 0 Å². The van der Waals surface area contributed by atoms with Gasteiger partial charge >= 0.3 is 7.82 Å². The Labute approximate surface area is 455 Å². The van der Waals surface area contributed by atoms with E-state index >= 15 is 0 Å². The van der Waals surface area contributed by atoms with Crippen LogP contribution in [-0.2, 0) is 18.4 Å². The molecule has 0 rings (SSSR count). The molecule has 0 aromatic heterocycles. The molecule has 9 heteroatoms. The number of carbonyl (C=O) groups excluding carboxylic acids is 1. The van der Waals surface area contributed by atoms with Crippen LogP contribution in [0.4, 0.5) is 0 Å². The van der Waals surface area contributed by atoms with Gasteiger partial charge < -0.3 is 19.8 Å². The first-order valence-electron chi connectivity index (χ1n) is 29.2. The SMILES string of the molecule is CC/C=C\C/C=C\C/C=C\C/C=C\C/C=C\C/C=C\C/C=C\C/C=C\C/C=C\CCCCCCCC(=O)NC(COP(=O)(O)OCC[N+](C)(C)C)C(O)/C=C/CC/C=C/CC/C=C/CCCCCCCCCCC. The van der Waals surface area contributed by atoms with Gasteiger partial charge in [-0.1, -0.05) is 230 Å². The Bertz CT molecular complexity index is 1710. The van der Waals surface area contributed by atoms with Crippen molar-refractivity contribution in [2.24, 2.45) is 0 Å². The maximum absolute atomic E-state index is 13.0. The zero-order chi connectivity index (χ0) is 54.2. The average Bonchev–Trinajstić information content (AvgIpc) is 3.36. The number of phosphoric ester groups is 1. The second-order valence-corrected chi connectivity index (χ2v) is 21.7. The summed E-state index contributed by atoms with van der Waals surface area (Å²) in [6.07, 6.45) is 83.8. The summed E-state index contributed by atoms with van der Waals surface area (Å²) >= 11 is 0. The van der Waals surface area contributed by atoms with Gasteiger partial charge in [0, 0.05) is 6.42 Å². The molecule has 0 saturated heterocycles. The summed E-state index contributed by atoms with van der Waals surface area (Å²) in [4.78, 5) is 23.3. The van der Waals surface area contributed by atoms with Crippen molar-refractivity contribution in [3.8, 4) is 0 Å². The van der Waals surface area contributed by atoms with Crippen molar-refractivity contribution in [2.75, 3.05) is 40.9 Å². The number of carbonyl (C=O) groups is 1. The van der Waals surface area contributed by atoms with Crippen LogP contribution in [0.15, 0.2) is 146 Å². The number of amides is 1. The van der Waals surface area contributed by atoms with E-state index in [-0.39, 0.29) is 19.1 Å². The Morgan fingerprint density at radius 1 is 0.473 bits per heavy atom. The normalized spacial score (nSPS) is 15.0. The third kappa shape index (κ3) is 56.1. The number of nitrogens with one attached hydrogen (secondary N) is 1. The highest BCUT2D eigenvalue weighted by atomic mass is 31.2. The number of unbranched alkanes of at least 4 members (excludes halogenated alkanes) is 16. The predicted molar refractivity (Wildman–Crippen MR) is 322 cm³/mol. The molecule has 3 unspecified atom stereocenters. The largest absolute Gasteiger partial charge is 0.472 e. The molecule has 0 saturated carbocycles. The van der Waals surface area contributed by atoms with Gasteiger partial charge in [0.2, 0.25) is 5.91 Å². The quantitative estimate of drug-likeness (QED) is 0.0243. The number of rotatable bonds is 51. The summed E-state index contributed by atoms with van der Waals surface area (Å²) in [5.41, 5.74) is 0. The van der Waals surface area contributed by atoms with E-state index in [1.807, 2.05) is 27.2 Å². The Balaban J connectivity index is 4.35. The van der Waals surface area contributed by atoms with Gasteiger partial charge in [-0.3, -0.25) is 13.8 Å². The fourth-order valence-electron chi connectivity index (χ4n) is 7.48. The van der Waals surface area contributed by atoms with Gasteiger partial charge in [0.05, 0.1) is 39.9 Å². The maximum atomic E-state index is 13.0. The van der Waals surface area contributed by atoms with Crippen LogP contribution >= 0.6 is 7.82 Å². The van der Waals surface area contributed by atoms with Gasteiger partial charge in [-0.25, -0.2) is 4.57 Å². The maximum Gasteiger partial charge on any atom is 0.472 e. The van der Waals surface area contributed by atoms with Crippen molar-refractivity contribution in [2.45, 2.75) is 219 Å². The number of aliphatic hydroxyl groups excluding tert-OH is 1. The highest BCUT2D eigenvalue weighted by molar-refractivity contribution is 7.47. The molecule has 0 fully saturated rings. The van der Waals surface area contributed by atoms with E-state index in [0.717, 1.165) is 122 Å². The molecule has 0 spiro atoms. The molecule has 3 N–H and O–H groups in total. The van der Waals surface area contributed by atoms with Gasteiger partial charge in [-0.05, 0) is 116 Å². The van der Waals surface area contributed by atoms with E-state index in [2.05, 4.69) is 153 Å². The van der Waals surface area contributed by atoms with Crippen LogP contribution in [0.3, 0.4) is 0 Å². The van der Waals surface area contributed by atoms with Crippen LogP contribution in [0.5, 0.6) is 0 Å². The van der Waals surface area contributed by atoms with Crippen molar-refractivity contribution >= 4 is 13.7 Å². The van der Waals surface area contributed by atoms with Gasteiger partial charge in [-0.2, -0.15) is 0 Å². The number of quaternary nitrogens is 1. The van der Waals surface area contributed by atoms with Crippen LogP contribution in [0.1, 0.15) is 206 Å². The molecule has 0 aliphatic rings. The van der Waals surface area contributed by atoms with Crippen LogP contribution in [-0.4, -0.2) is 73.4 Å². The number of likely N-dealkylation sites (N-methyl/N-ethyl adjacent to an activating group) is 1. The van der Waals surface area contributed by atoms with Crippen LogP contribution in [0, 0.1) is 0 Å². The summed E-state index contributed by atoms with van der Waals surface area (Å²) in [5.74, 6) is -0.216. The highest BCUT2D eigenvalue weighted by Gasteiger charge is 2.27. The predicted octanol–water partition coefficient (Wildman–Crippen LogP) is 18.1. The fourth-order valence-corrected chi connectivity index (χ4v) is 8.21. The molecule has 0 aliphatic heterocycles.